The van der Waals surface area contributed by atoms with Crippen LogP contribution < -0.4 is 5.32 Å². The second-order valence-electron chi connectivity index (χ2n) is 7.18. The van der Waals surface area contributed by atoms with Gasteiger partial charge < -0.3 is 20.2 Å². The molecule has 24 heavy (non-hydrogen) atoms. The zero-order valence-electron chi connectivity index (χ0n) is 14.3. The van der Waals surface area contributed by atoms with Gasteiger partial charge in [0.2, 0.25) is 0 Å². The number of benzene rings is 1. The molecule has 2 heterocycles. The van der Waals surface area contributed by atoms with Gasteiger partial charge >= 0.3 is 0 Å². The number of rotatable bonds is 4. The molecule has 134 valence electrons. The van der Waals surface area contributed by atoms with E-state index in [9.17, 15) is 5.11 Å². The number of halogens is 2. The molecule has 0 radical (unpaired) electrons. The fourth-order valence-electron chi connectivity index (χ4n) is 3.82. The molecular weight excluding hydrogens is 345 g/mol. The number of nitrogens with zero attached hydrogens (tertiary/aromatic N) is 2. The lowest BCUT2D eigenvalue weighted by molar-refractivity contribution is -0.0466. The van der Waals surface area contributed by atoms with E-state index in [0.29, 0.717) is 10.0 Å². The van der Waals surface area contributed by atoms with Gasteiger partial charge in [-0.2, -0.15) is 0 Å². The van der Waals surface area contributed by atoms with Gasteiger partial charge in [-0.05, 0) is 37.6 Å². The quantitative estimate of drug-likeness (QED) is 0.852. The third-order valence-corrected chi connectivity index (χ3v) is 6.24. The van der Waals surface area contributed by atoms with Crippen LogP contribution in [-0.4, -0.2) is 73.4 Å². The molecule has 2 fully saturated rings. The van der Waals surface area contributed by atoms with Crippen LogP contribution in [0.15, 0.2) is 18.2 Å². The molecule has 1 aromatic rings. The molecule has 0 bridgehead atoms. The van der Waals surface area contributed by atoms with Gasteiger partial charge in [0, 0.05) is 51.7 Å². The predicted octanol–water partition coefficient (Wildman–Crippen LogP) is 2.44. The summed E-state index contributed by atoms with van der Waals surface area (Å²) in [6.07, 6.45) is 1.58. The standard InChI is InChI=1S/C18H27Cl2N3O/c1-22-8-4-18(24,5-9-22)15(13-23-10-6-21-7-11-23)14-2-3-16(19)17(20)12-14/h2-3,12,15,21,24H,4-11,13H2,1H3. The van der Waals surface area contributed by atoms with Gasteiger partial charge in [0.25, 0.3) is 0 Å². The topological polar surface area (TPSA) is 38.7 Å². The summed E-state index contributed by atoms with van der Waals surface area (Å²) in [6, 6.07) is 5.81. The zero-order valence-corrected chi connectivity index (χ0v) is 15.8. The van der Waals surface area contributed by atoms with Crippen LogP contribution in [0.3, 0.4) is 0 Å². The molecule has 0 spiro atoms. The van der Waals surface area contributed by atoms with E-state index in [1.54, 1.807) is 0 Å². The Kier molecular flexibility index (Phi) is 6.07. The third-order valence-electron chi connectivity index (χ3n) is 5.50. The molecule has 4 nitrogen and oxygen atoms in total. The van der Waals surface area contributed by atoms with Crippen LogP contribution in [0.1, 0.15) is 24.3 Å². The van der Waals surface area contributed by atoms with Gasteiger partial charge in [0.05, 0.1) is 15.6 Å². The number of piperidine rings is 1. The van der Waals surface area contributed by atoms with Crippen LogP contribution >= 0.6 is 23.2 Å². The Morgan fingerprint density at radius 2 is 1.79 bits per heavy atom. The Hall–Kier alpha value is -0.360. The van der Waals surface area contributed by atoms with E-state index in [4.69, 9.17) is 23.2 Å². The lowest BCUT2D eigenvalue weighted by Gasteiger charge is -2.44. The molecule has 3 rings (SSSR count). The number of piperazine rings is 1. The SMILES string of the molecule is CN1CCC(O)(C(CN2CCNCC2)c2ccc(Cl)c(Cl)c2)CC1. The van der Waals surface area contributed by atoms with Crippen molar-refractivity contribution >= 4 is 23.2 Å². The Morgan fingerprint density at radius 3 is 2.42 bits per heavy atom. The largest absolute Gasteiger partial charge is 0.389 e. The molecule has 1 atom stereocenters. The van der Waals surface area contributed by atoms with Crippen molar-refractivity contribution in [2.24, 2.45) is 0 Å². The summed E-state index contributed by atoms with van der Waals surface area (Å²) in [4.78, 5) is 4.73. The van der Waals surface area contributed by atoms with E-state index in [-0.39, 0.29) is 5.92 Å². The van der Waals surface area contributed by atoms with Crippen molar-refractivity contribution in [2.75, 3.05) is 52.9 Å². The second kappa shape index (κ2) is 7.90. The van der Waals surface area contributed by atoms with Crippen molar-refractivity contribution < 1.29 is 5.11 Å². The summed E-state index contributed by atoms with van der Waals surface area (Å²) in [5, 5.41) is 16.0. The maximum absolute atomic E-state index is 11.4. The van der Waals surface area contributed by atoms with Crippen molar-refractivity contribution in [1.82, 2.24) is 15.1 Å². The average Bonchev–Trinajstić information content (AvgIpc) is 2.59. The maximum Gasteiger partial charge on any atom is 0.0752 e. The molecule has 2 aliphatic heterocycles. The van der Waals surface area contributed by atoms with Crippen molar-refractivity contribution in [3.05, 3.63) is 33.8 Å². The monoisotopic (exact) mass is 371 g/mol. The minimum Gasteiger partial charge on any atom is -0.389 e. The highest BCUT2D eigenvalue weighted by atomic mass is 35.5. The second-order valence-corrected chi connectivity index (χ2v) is 8.00. The molecule has 1 aromatic carbocycles. The maximum atomic E-state index is 11.4. The van der Waals surface area contributed by atoms with Crippen molar-refractivity contribution in [1.29, 1.82) is 0 Å². The van der Waals surface area contributed by atoms with Gasteiger partial charge in [-0.25, -0.2) is 0 Å². The van der Waals surface area contributed by atoms with Gasteiger partial charge in [-0.3, -0.25) is 0 Å². The summed E-state index contributed by atoms with van der Waals surface area (Å²) in [5.74, 6) is 0.0547. The molecule has 2 aliphatic rings. The lowest BCUT2D eigenvalue weighted by Crippen LogP contribution is -2.52. The number of hydrogen-bond acceptors (Lipinski definition) is 4. The summed E-state index contributed by atoms with van der Waals surface area (Å²) in [6.45, 7) is 6.78. The van der Waals surface area contributed by atoms with Crippen LogP contribution in [0.25, 0.3) is 0 Å². The number of likely N-dealkylation sites (tertiary alicyclic amines) is 1. The Labute approximate surface area is 154 Å². The first-order valence-corrected chi connectivity index (χ1v) is 9.52. The van der Waals surface area contributed by atoms with E-state index in [1.165, 1.54) is 0 Å². The van der Waals surface area contributed by atoms with E-state index in [1.807, 2.05) is 18.2 Å². The first-order chi connectivity index (χ1) is 11.5. The first-order valence-electron chi connectivity index (χ1n) is 8.77. The molecule has 2 N–H and O–H groups in total. The number of nitrogens with one attached hydrogen (secondary N) is 1. The minimum absolute atomic E-state index is 0.0547. The highest BCUT2D eigenvalue weighted by Gasteiger charge is 2.41. The van der Waals surface area contributed by atoms with Crippen LogP contribution in [0.2, 0.25) is 10.0 Å². The van der Waals surface area contributed by atoms with Crippen LogP contribution in [0.4, 0.5) is 0 Å². The van der Waals surface area contributed by atoms with E-state index in [0.717, 1.165) is 64.2 Å². The molecule has 0 aromatic heterocycles. The molecule has 0 saturated carbocycles. The number of hydrogen-bond donors (Lipinski definition) is 2. The van der Waals surface area contributed by atoms with E-state index < -0.39 is 5.60 Å². The predicted molar refractivity (Wildman–Crippen MR) is 100 cm³/mol. The minimum atomic E-state index is -0.686. The van der Waals surface area contributed by atoms with Crippen LogP contribution in [0.5, 0.6) is 0 Å². The zero-order chi connectivity index (χ0) is 17.2. The Balaban J connectivity index is 1.86. The highest BCUT2D eigenvalue weighted by Crippen LogP contribution is 2.39. The fraction of sp³-hybridized carbons (Fsp3) is 0.667. The van der Waals surface area contributed by atoms with Crippen molar-refractivity contribution in [3.63, 3.8) is 0 Å². The van der Waals surface area contributed by atoms with Crippen LogP contribution in [-0.2, 0) is 0 Å². The summed E-state index contributed by atoms with van der Waals surface area (Å²) in [7, 11) is 2.12. The van der Waals surface area contributed by atoms with Gasteiger partial charge in [-0.15, -0.1) is 0 Å². The van der Waals surface area contributed by atoms with Gasteiger partial charge in [0.1, 0.15) is 0 Å². The third kappa shape index (κ3) is 4.24. The van der Waals surface area contributed by atoms with E-state index in [2.05, 4.69) is 22.2 Å². The van der Waals surface area contributed by atoms with Gasteiger partial charge in [0.15, 0.2) is 0 Å². The highest BCUT2D eigenvalue weighted by molar-refractivity contribution is 6.42. The molecule has 0 aliphatic carbocycles. The Bertz CT molecular complexity index is 555. The summed E-state index contributed by atoms with van der Waals surface area (Å²) < 4.78 is 0. The smallest absolute Gasteiger partial charge is 0.0752 e. The molecule has 0 amide bonds. The summed E-state index contributed by atoms with van der Waals surface area (Å²) >= 11 is 12.4. The van der Waals surface area contributed by atoms with Crippen LogP contribution in [0, 0.1) is 0 Å². The molecule has 1 unspecified atom stereocenters. The van der Waals surface area contributed by atoms with Crippen molar-refractivity contribution in [3.8, 4) is 0 Å². The normalized spacial score (nSPS) is 24.0. The first kappa shape index (κ1) is 18.4. The molecule has 6 heteroatoms. The van der Waals surface area contributed by atoms with Crippen molar-refractivity contribution in [2.45, 2.75) is 24.4 Å². The lowest BCUT2D eigenvalue weighted by atomic mass is 9.75. The van der Waals surface area contributed by atoms with E-state index >= 15 is 0 Å². The average molecular weight is 372 g/mol. The summed E-state index contributed by atoms with van der Waals surface area (Å²) in [5.41, 5.74) is 0.407. The van der Waals surface area contributed by atoms with Gasteiger partial charge in [-0.1, -0.05) is 29.3 Å². The molecular formula is C18H27Cl2N3O. The Morgan fingerprint density at radius 1 is 1.12 bits per heavy atom. The fourth-order valence-corrected chi connectivity index (χ4v) is 4.13. The number of aliphatic hydroxyl groups is 1. The molecule has 2 saturated heterocycles.